The highest BCUT2D eigenvalue weighted by Crippen LogP contribution is 2.19. The highest BCUT2D eigenvalue weighted by Gasteiger charge is 2.26. The van der Waals surface area contributed by atoms with Crippen molar-refractivity contribution in [1.82, 2.24) is 19.9 Å². The van der Waals surface area contributed by atoms with Gasteiger partial charge in [-0.2, -0.15) is 0 Å². The van der Waals surface area contributed by atoms with Gasteiger partial charge in [0.05, 0.1) is 18.6 Å². The summed E-state index contributed by atoms with van der Waals surface area (Å²) in [4.78, 5) is 13.5. The number of nitrogens with zero attached hydrogens (tertiary/aromatic N) is 3. The first-order chi connectivity index (χ1) is 10.3. The molecule has 0 aliphatic carbocycles. The molecule has 3 rings (SSSR count). The van der Waals surface area contributed by atoms with E-state index in [2.05, 4.69) is 19.9 Å². The molecule has 0 bridgehead atoms. The predicted molar refractivity (Wildman–Crippen MR) is 77.8 cm³/mol. The number of hydrogen-bond acceptors (Lipinski definition) is 5. The molecule has 0 saturated carbocycles. The lowest BCUT2D eigenvalue weighted by Crippen LogP contribution is -2.31. The Kier molecular flexibility index (Phi) is 4.47. The number of nitrogens with one attached hydrogen (secondary N) is 1. The molecule has 0 radical (unpaired) electrons. The highest BCUT2D eigenvalue weighted by molar-refractivity contribution is 5.16. The molecule has 2 aromatic rings. The fourth-order valence-electron chi connectivity index (χ4n) is 2.61. The summed E-state index contributed by atoms with van der Waals surface area (Å²) in [5.41, 5.74) is 1.09. The van der Waals surface area contributed by atoms with Crippen LogP contribution in [0.1, 0.15) is 18.5 Å². The summed E-state index contributed by atoms with van der Waals surface area (Å²) < 4.78 is 5.87. The van der Waals surface area contributed by atoms with Crippen molar-refractivity contribution >= 4 is 0 Å². The van der Waals surface area contributed by atoms with E-state index in [4.69, 9.17) is 4.74 Å². The number of H-pyrrole nitrogens is 1. The number of likely N-dealkylation sites (tertiary alicyclic amines) is 1. The van der Waals surface area contributed by atoms with Crippen molar-refractivity contribution in [2.45, 2.75) is 31.6 Å². The third kappa shape index (κ3) is 3.80. The van der Waals surface area contributed by atoms with Crippen molar-refractivity contribution in [1.29, 1.82) is 0 Å². The van der Waals surface area contributed by atoms with Crippen LogP contribution in [0.15, 0.2) is 37.1 Å². The van der Waals surface area contributed by atoms with E-state index in [-0.39, 0.29) is 6.10 Å². The SMILES string of the molecule is O[C@H]1CCN(Cc2cnc[nH]2)CC[C@@H]1Oc1cccnc1. The van der Waals surface area contributed by atoms with E-state index in [0.717, 1.165) is 31.7 Å². The summed E-state index contributed by atoms with van der Waals surface area (Å²) in [6.45, 7) is 2.57. The van der Waals surface area contributed by atoms with Gasteiger partial charge < -0.3 is 14.8 Å². The van der Waals surface area contributed by atoms with Gasteiger partial charge in [-0.15, -0.1) is 0 Å². The number of rotatable bonds is 4. The lowest BCUT2D eigenvalue weighted by molar-refractivity contribution is 0.0348. The average molecular weight is 288 g/mol. The second-order valence-electron chi connectivity index (χ2n) is 5.34. The molecule has 6 nitrogen and oxygen atoms in total. The summed E-state index contributed by atoms with van der Waals surface area (Å²) in [6.07, 6.45) is 7.80. The average Bonchev–Trinajstić information content (AvgIpc) is 2.96. The van der Waals surface area contributed by atoms with E-state index < -0.39 is 6.10 Å². The fraction of sp³-hybridized carbons (Fsp3) is 0.467. The Morgan fingerprint density at radius 3 is 2.95 bits per heavy atom. The molecule has 0 unspecified atom stereocenters. The van der Waals surface area contributed by atoms with Crippen molar-refractivity contribution in [2.24, 2.45) is 0 Å². The van der Waals surface area contributed by atoms with Gasteiger partial charge in [-0.25, -0.2) is 4.98 Å². The Balaban J connectivity index is 1.58. The maximum Gasteiger partial charge on any atom is 0.138 e. The third-order valence-electron chi connectivity index (χ3n) is 3.77. The van der Waals surface area contributed by atoms with E-state index in [0.29, 0.717) is 12.2 Å². The van der Waals surface area contributed by atoms with E-state index in [1.165, 1.54) is 0 Å². The Morgan fingerprint density at radius 1 is 1.29 bits per heavy atom. The Morgan fingerprint density at radius 2 is 2.19 bits per heavy atom. The van der Waals surface area contributed by atoms with Crippen LogP contribution < -0.4 is 4.74 Å². The van der Waals surface area contributed by atoms with E-state index in [9.17, 15) is 5.11 Å². The molecule has 6 heteroatoms. The number of pyridine rings is 1. The first-order valence-electron chi connectivity index (χ1n) is 7.25. The number of aliphatic hydroxyl groups is 1. The van der Waals surface area contributed by atoms with Gasteiger partial charge >= 0.3 is 0 Å². The van der Waals surface area contributed by atoms with Gasteiger partial charge in [-0.05, 0) is 25.0 Å². The lowest BCUT2D eigenvalue weighted by Gasteiger charge is -2.21. The molecule has 0 aromatic carbocycles. The third-order valence-corrected chi connectivity index (χ3v) is 3.77. The number of imidazole rings is 1. The van der Waals surface area contributed by atoms with Crippen LogP contribution >= 0.6 is 0 Å². The summed E-state index contributed by atoms with van der Waals surface area (Å²) in [6, 6.07) is 3.70. The van der Waals surface area contributed by atoms with Gasteiger partial charge in [-0.1, -0.05) is 0 Å². The van der Waals surface area contributed by atoms with Crippen LogP contribution in [0.25, 0.3) is 0 Å². The van der Waals surface area contributed by atoms with Crippen LogP contribution in [-0.4, -0.2) is 50.3 Å². The topological polar surface area (TPSA) is 74.3 Å². The van der Waals surface area contributed by atoms with Gasteiger partial charge in [0.1, 0.15) is 11.9 Å². The van der Waals surface area contributed by atoms with E-state index >= 15 is 0 Å². The van der Waals surface area contributed by atoms with Gasteiger partial charge in [0.15, 0.2) is 0 Å². The van der Waals surface area contributed by atoms with Gasteiger partial charge in [-0.3, -0.25) is 9.88 Å². The first-order valence-corrected chi connectivity index (χ1v) is 7.25. The van der Waals surface area contributed by atoms with Crippen molar-refractivity contribution in [3.05, 3.63) is 42.7 Å². The van der Waals surface area contributed by atoms with Crippen LogP contribution in [0, 0.1) is 0 Å². The summed E-state index contributed by atoms with van der Waals surface area (Å²) >= 11 is 0. The zero-order chi connectivity index (χ0) is 14.5. The van der Waals surface area contributed by atoms with Crippen LogP contribution in [0.2, 0.25) is 0 Å². The predicted octanol–water partition coefficient (Wildman–Crippen LogP) is 1.21. The molecule has 1 aliphatic heterocycles. The number of aliphatic hydroxyl groups excluding tert-OH is 1. The van der Waals surface area contributed by atoms with Gasteiger partial charge in [0.25, 0.3) is 0 Å². The maximum absolute atomic E-state index is 10.3. The molecule has 2 aromatic heterocycles. The van der Waals surface area contributed by atoms with E-state index in [1.54, 1.807) is 18.7 Å². The maximum atomic E-state index is 10.3. The second kappa shape index (κ2) is 6.69. The molecule has 2 atom stereocenters. The minimum atomic E-state index is -0.447. The second-order valence-corrected chi connectivity index (χ2v) is 5.34. The monoisotopic (exact) mass is 288 g/mol. The van der Waals surface area contributed by atoms with Crippen LogP contribution in [0.4, 0.5) is 0 Å². The Labute approximate surface area is 123 Å². The molecular formula is C15H20N4O2. The van der Waals surface area contributed by atoms with E-state index in [1.807, 2.05) is 18.3 Å². The minimum Gasteiger partial charge on any atom is -0.486 e. The summed E-state index contributed by atoms with van der Waals surface area (Å²) in [5.74, 6) is 0.712. The fourth-order valence-corrected chi connectivity index (χ4v) is 2.61. The van der Waals surface area contributed by atoms with Crippen LogP contribution in [0.3, 0.4) is 0 Å². The van der Waals surface area contributed by atoms with Gasteiger partial charge in [0, 0.05) is 37.7 Å². The number of ether oxygens (including phenoxy) is 1. The molecular weight excluding hydrogens is 268 g/mol. The standard InChI is InChI=1S/C15H20N4O2/c20-14-3-6-19(10-12-8-17-11-18-12)7-4-15(14)21-13-2-1-5-16-9-13/h1-2,5,8-9,11,14-15,20H,3-4,6-7,10H2,(H,17,18)/t14-,15-/m0/s1. The molecule has 1 saturated heterocycles. The van der Waals surface area contributed by atoms with Crippen LogP contribution in [-0.2, 0) is 6.54 Å². The molecule has 1 aliphatic rings. The van der Waals surface area contributed by atoms with Crippen LogP contribution in [0.5, 0.6) is 5.75 Å². The Bertz CT molecular complexity index is 532. The highest BCUT2D eigenvalue weighted by atomic mass is 16.5. The van der Waals surface area contributed by atoms with Gasteiger partial charge in [0.2, 0.25) is 0 Å². The molecule has 0 spiro atoms. The number of aromatic nitrogens is 3. The smallest absolute Gasteiger partial charge is 0.138 e. The number of hydrogen-bond donors (Lipinski definition) is 2. The van der Waals surface area contributed by atoms with Crippen molar-refractivity contribution in [2.75, 3.05) is 13.1 Å². The largest absolute Gasteiger partial charge is 0.486 e. The molecule has 0 amide bonds. The lowest BCUT2D eigenvalue weighted by atomic mass is 10.1. The summed E-state index contributed by atoms with van der Waals surface area (Å²) in [7, 11) is 0. The zero-order valence-electron chi connectivity index (χ0n) is 11.9. The zero-order valence-corrected chi connectivity index (χ0v) is 11.9. The Hall–Kier alpha value is -1.92. The molecule has 21 heavy (non-hydrogen) atoms. The normalized spacial score (nSPS) is 23.7. The van der Waals surface area contributed by atoms with Crippen molar-refractivity contribution < 1.29 is 9.84 Å². The molecule has 112 valence electrons. The molecule has 2 N–H and O–H groups in total. The van der Waals surface area contributed by atoms with Crippen molar-refractivity contribution in [3.8, 4) is 5.75 Å². The quantitative estimate of drug-likeness (QED) is 0.884. The number of aromatic amines is 1. The first kappa shape index (κ1) is 14.0. The van der Waals surface area contributed by atoms with Crippen molar-refractivity contribution in [3.63, 3.8) is 0 Å². The summed E-state index contributed by atoms with van der Waals surface area (Å²) in [5, 5.41) is 10.3. The molecule has 3 heterocycles. The minimum absolute atomic E-state index is 0.180. The molecule has 1 fully saturated rings.